The molecule has 0 radical (unpaired) electrons. The minimum absolute atomic E-state index is 0.668. The van der Waals surface area contributed by atoms with Crippen LogP contribution in [-0.2, 0) is 13.1 Å². The normalized spacial score (nSPS) is 10.7. The number of rotatable bonds is 7. The summed E-state index contributed by atoms with van der Waals surface area (Å²) in [6, 6.07) is 13.7. The minimum Gasteiger partial charge on any atom is -0.493 e. The molecule has 0 amide bonds. The highest BCUT2D eigenvalue weighted by Crippen LogP contribution is 2.32. The third kappa shape index (κ3) is 4.12. The van der Waals surface area contributed by atoms with E-state index >= 15 is 0 Å². The van der Waals surface area contributed by atoms with Crippen molar-refractivity contribution >= 4 is 22.9 Å². The Morgan fingerprint density at radius 2 is 1.88 bits per heavy atom. The lowest BCUT2D eigenvalue weighted by Gasteiger charge is -2.12. The lowest BCUT2D eigenvalue weighted by Crippen LogP contribution is -2.13. The second-order valence-electron chi connectivity index (χ2n) is 5.35. The molecule has 0 spiro atoms. The first kappa shape index (κ1) is 17.7. The molecule has 0 bridgehead atoms. The van der Waals surface area contributed by atoms with Gasteiger partial charge in [0, 0.05) is 35.4 Å². The van der Waals surface area contributed by atoms with Gasteiger partial charge in [-0.3, -0.25) is 0 Å². The van der Waals surface area contributed by atoms with Crippen LogP contribution in [0.5, 0.6) is 11.5 Å². The first-order valence-corrected chi connectivity index (χ1v) is 9.02. The third-order valence-corrected chi connectivity index (χ3v) is 5.13. The van der Waals surface area contributed by atoms with Gasteiger partial charge in [-0.2, -0.15) is 0 Å². The van der Waals surface area contributed by atoms with Crippen LogP contribution >= 0.6 is 22.9 Å². The van der Waals surface area contributed by atoms with Crippen molar-refractivity contribution in [3.05, 3.63) is 64.3 Å². The summed E-state index contributed by atoms with van der Waals surface area (Å²) in [5.74, 6) is 1.49. The lowest BCUT2D eigenvalue weighted by atomic mass is 10.2. The van der Waals surface area contributed by atoms with Crippen molar-refractivity contribution in [2.75, 3.05) is 14.2 Å². The molecule has 0 fully saturated rings. The lowest BCUT2D eigenvalue weighted by molar-refractivity contribution is 0.350. The molecule has 0 aliphatic rings. The van der Waals surface area contributed by atoms with E-state index in [2.05, 4.69) is 10.3 Å². The number of aromatic nitrogens is 1. The van der Waals surface area contributed by atoms with E-state index in [1.54, 1.807) is 25.6 Å². The Labute approximate surface area is 156 Å². The Kier molecular flexibility index (Phi) is 5.91. The Hall–Kier alpha value is -2.08. The maximum atomic E-state index is 6.25. The molecule has 0 aliphatic heterocycles. The molecule has 2 aromatic carbocycles. The van der Waals surface area contributed by atoms with Crippen LogP contribution in [0, 0.1) is 0 Å². The van der Waals surface area contributed by atoms with Crippen molar-refractivity contribution in [1.29, 1.82) is 0 Å². The molecule has 3 rings (SSSR count). The highest BCUT2D eigenvalue weighted by molar-refractivity contribution is 7.15. The van der Waals surface area contributed by atoms with E-state index in [1.165, 1.54) is 0 Å². The number of hydrogen-bond donors (Lipinski definition) is 1. The Balaban J connectivity index is 1.65. The zero-order valence-electron chi connectivity index (χ0n) is 14.1. The SMILES string of the molecule is COc1cccc(CNCc2ncc(-c3ccccc3Cl)s2)c1OC. The second kappa shape index (κ2) is 8.34. The van der Waals surface area contributed by atoms with Gasteiger partial charge < -0.3 is 14.8 Å². The van der Waals surface area contributed by atoms with Gasteiger partial charge in [0.15, 0.2) is 11.5 Å². The summed E-state index contributed by atoms with van der Waals surface area (Å²) in [5, 5.41) is 5.16. The van der Waals surface area contributed by atoms with Gasteiger partial charge in [0.2, 0.25) is 0 Å². The number of halogens is 1. The summed E-state index contributed by atoms with van der Waals surface area (Å²) in [7, 11) is 3.29. The number of benzene rings is 2. The molecule has 0 atom stereocenters. The van der Waals surface area contributed by atoms with Crippen molar-refractivity contribution in [3.8, 4) is 21.9 Å². The van der Waals surface area contributed by atoms with Crippen LogP contribution in [0.1, 0.15) is 10.6 Å². The topological polar surface area (TPSA) is 43.4 Å². The van der Waals surface area contributed by atoms with Gasteiger partial charge in [0.05, 0.1) is 19.1 Å². The first-order chi connectivity index (χ1) is 12.2. The molecule has 0 unspecified atom stereocenters. The van der Waals surface area contributed by atoms with E-state index in [4.69, 9.17) is 21.1 Å². The summed E-state index contributed by atoms with van der Waals surface area (Å²) in [5.41, 5.74) is 2.06. The molecule has 0 saturated carbocycles. The van der Waals surface area contributed by atoms with Gasteiger partial charge >= 0.3 is 0 Å². The van der Waals surface area contributed by atoms with Crippen LogP contribution in [0.2, 0.25) is 5.02 Å². The largest absolute Gasteiger partial charge is 0.493 e. The van der Waals surface area contributed by atoms with Gasteiger partial charge in [-0.15, -0.1) is 11.3 Å². The van der Waals surface area contributed by atoms with Crippen molar-refractivity contribution in [2.45, 2.75) is 13.1 Å². The quantitative estimate of drug-likeness (QED) is 0.646. The number of methoxy groups -OCH3 is 2. The number of nitrogens with one attached hydrogen (secondary N) is 1. The second-order valence-corrected chi connectivity index (χ2v) is 6.88. The minimum atomic E-state index is 0.668. The Bertz CT molecular complexity index is 851. The number of hydrogen-bond acceptors (Lipinski definition) is 5. The molecule has 130 valence electrons. The number of ether oxygens (including phenoxy) is 2. The highest BCUT2D eigenvalue weighted by Gasteiger charge is 2.10. The van der Waals surface area contributed by atoms with Crippen LogP contribution in [0.15, 0.2) is 48.7 Å². The van der Waals surface area contributed by atoms with Crippen LogP contribution in [0.25, 0.3) is 10.4 Å². The van der Waals surface area contributed by atoms with E-state index in [-0.39, 0.29) is 0 Å². The van der Waals surface area contributed by atoms with Crippen molar-refractivity contribution < 1.29 is 9.47 Å². The highest BCUT2D eigenvalue weighted by atomic mass is 35.5. The maximum absolute atomic E-state index is 6.25. The fourth-order valence-corrected chi connectivity index (χ4v) is 3.79. The van der Waals surface area contributed by atoms with Crippen LogP contribution in [0.3, 0.4) is 0 Å². The Morgan fingerprint density at radius 1 is 1.04 bits per heavy atom. The zero-order chi connectivity index (χ0) is 17.6. The molecule has 4 nitrogen and oxygen atoms in total. The monoisotopic (exact) mass is 374 g/mol. The van der Waals surface area contributed by atoms with Gasteiger partial charge in [-0.25, -0.2) is 4.98 Å². The first-order valence-electron chi connectivity index (χ1n) is 7.83. The predicted octanol–water partition coefficient (Wildman–Crippen LogP) is 4.77. The van der Waals surface area contributed by atoms with Crippen molar-refractivity contribution in [1.82, 2.24) is 10.3 Å². The fourth-order valence-electron chi connectivity index (χ4n) is 2.57. The molecule has 0 aliphatic carbocycles. The van der Waals surface area contributed by atoms with E-state index < -0.39 is 0 Å². The number of thiazole rings is 1. The molecule has 3 aromatic rings. The predicted molar refractivity (Wildman–Crippen MR) is 103 cm³/mol. The molecule has 0 saturated heterocycles. The van der Waals surface area contributed by atoms with Gasteiger partial charge in [0.25, 0.3) is 0 Å². The van der Waals surface area contributed by atoms with Crippen molar-refractivity contribution in [3.63, 3.8) is 0 Å². The average Bonchev–Trinajstić information content (AvgIpc) is 3.10. The molecular formula is C19H19ClN2O2S. The molecule has 1 heterocycles. The zero-order valence-corrected chi connectivity index (χ0v) is 15.7. The van der Waals surface area contributed by atoms with Gasteiger partial charge in [-0.05, 0) is 12.1 Å². The summed E-state index contributed by atoms with van der Waals surface area (Å²) in [6.45, 7) is 1.34. The molecule has 25 heavy (non-hydrogen) atoms. The molecule has 1 N–H and O–H groups in total. The van der Waals surface area contributed by atoms with E-state index in [0.717, 1.165) is 37.5 Å². The van der Waals surface area contributed by atoms with E-state index in [9.17, 15) is 0 Å². The van der Waals surface area contributed by atoms with Crippen LogP contribution in [-0.4, -0.2) is 19.2 Å². The van der Waals surface area contributed by atoms with E-state index in [1.807, 2.05) is 48.7 Å². The fraction of sp³-hybridized carbons (Fsp3) is 0.211. The summed E-state index contributed by atoms with van der Waals surface area (Å²) >= 11 is 7.89. The van der Waals surface area contributed by atoms with Crippen LogP contribution < -0.4 is 14.8 Å². The third-order valence-electron chi connectivity index (χ3n) is 3.77. The summed E-state index contributed by atoms with van der Waals surface area (Å²) in [4.78, 5) is 5.55. The smallest absolute Gasteiger partial charge is 0.165 e. The van der Waals surface area contributed by atoms with Crippen molar-refractivity contribution in [2.24, 2.45) is 0 Å². The summed E-state index contributed by atoms with van der Waals surface area (Å²) in [6.07, 6.45) is 1.87. The van der Waals surface area contributed by atoms with Crippen LogP contribution in [0.4, 0.5) is 0 Å². The van der Waals surface area contributed by atoms with E-state index in [0.29, 0.717) is 13.1 Å². The Morgan fingerprint density at radius 3 is 2.64 bits per heavy atom. The summed E-state index contributed by atoms with van der Waals surface area (Å²) < 4.78 is 10.8. The van der Waals surface area contributed by atoms with Gasteiger partial charge in [-0.1, -0.05) is 41.9 Å². The molecule has 6 heteroatoms. The average molecular weight is 375 g/mol. The molecular weight excluding hydrogens is 356 g/mol. The standard InChI is InChI=1S/C19H19ClN2O2S/c1-23-16-9-5-6-13(19(16)24-2)10-21-12-18-22-11-17(25-18)14-7-3-4-8-15(14)20/h3-9,11,21H,10,12H2,1-2H3. The van der Waals surface area contributed by atoms with Gasteiger partial charge in [0.1, 0.15) is 5.01 Å². The number of para-hydroxylation sites is 1. The maximum Gasteiger partial charge on any atom is 0.165 e. The number of nitrogens with zero attached hydrogens (tertiary/aromatic N) is 1. The molecule has 1 aromatic heterocycles.